The molecule has 0 rings (SSSR count). The lowest BCUT2D eigenvalue weighted by molar-refractivity contribution is -0.163. The first kappa shape index (κ1) is 61.3. The second-order valence-electron chi connectivity index (χ2n) is 18.1. The zero-order valence-electron chi connectivity index (χ0n) is 42.5. The average Bonchev–Trinajstić information content (AvgIpc) is 3.30. The maximum atomic E-state index is 12.8. The van der Waals surface area contributed by atoms with E-state index in [1.165, 1.54) is 148 Å². The smallest absolute Gasteiger partial charge is 0.306 e. The SMILES string of the molecule is CCCCC/C=C\C/C=C\CCCCCCCCCCOCC(COC(=O)CCCCCCC/C=C\C/C=C\CCCCC)OC(=O)CCCCCCC/C=C\C/C=C\CCCCC. The molecule has 0 saturated carbocycles. The zero-order chi connectivity index (χ0) is 46.3. The number of carbonyl (C=O) groups excluding carboxylic acids is 2. The molecule has 0 aromatic heterocycles. The molecule has 0 aliphatic carbocycles. The molecule has 0 saturated heterocycles. The van der Waals surface area contributed by atoms with Crippen LogP contribution in [-0.4, -0.2) is 37.9 Å². The van der Waals surface area contributed by atoms with Crippen molar-refractivity contribution in [1.82, 2.24) is 0 Å². The van der Waals surface area contributed by atoms with Crippen molar-refractivity contribution < 1.29 is 23.8 Å². The maximum Gasteiger partial charge on any atom is 0.306 e. The highest BCUT2D eigenvalue weighted by atomic mass is 16.6. The second-order valence-corrected chi connectivity index (χ2v) is 18.1. The maximum absolute atomic E-state index is 12.8. The van der Waals surface area contributed by atoms with Crippen LogP contribution in [0.2, 0.25) is 0 Å². The van der Waals surface area contributed by atoms with E-state index >= 15 is 0 Å². The molecule has 5 heteroatoms. The van der Waals surface area contributed by atoms with E-state index < -0.39 is 6.10 Å². The van der Waals surface area contributed by atoms with Gasteiger partial charge in [-0.25, -0.2) is 0 Å². The molecule has 0 radical (unpaired) electrons. The number of esters is 2. The fourth-order valence-corrected chi connectivity index (χ4v) is 7.54. The molecule has 64 heavy (non-hydrogen) atoms. The first-order valence-electron chi connectivity index (χ1n) is 27.5. The van der Waals surface area contributed by atoms with Crippen LogP contribution in [0, 0.1) is 0 Å². The third-order valence-corrected chi connectivity index (χ3v) is 11.7. The van der Waals surface area contributed by atoms with E-state index in [2.05, 4.69) is 93.7 Å². The van der Waals surface area contributed by atoms with Crippen LogP contribution in [0.15, 0.2) is 72.9 Å². The Labute approximate surface area is 397 Å². The van der Waals surface area contributed by atoms with E-state index in [1.807, 2.05) is 0 Å². The minimum atomic E-state index is -0.555. The van der Waals surface area contributed by atoms with Crippen LogP contribution in [-0.2, 0) is 23.8 Å². The van der Waals surface area contributed by atoms with Gasteiger partial charge in [0, 0.05) is 19.4 Å². The predicted molar refractivity (Wildman–Crippen MR) is 279 cm³/mol. The first-order chi connectivity index (χ1) is 31.6. The van der Waals surface area contributed by atoms with Crippen LogP contribution < -0.4 is 0 Å². The Bertz CT molecular complexity index is 1150. The molecule has 1 unspecified atom stereocenters. The van der Waals surface area contributed by atoms with Gasteiger partial charge in [0.05, 0.1) is 6.61 Å². The van der Waals surface area contributed by atoms with Gasteiger partial charge < -0.3 is 14.2 Å². The third-order valence-electron chi connectivity index (χ3n) is 11.7. The topological polar surface area (TPSA) is 61.8 Å². The number of allylic oxidation sites excluding steroid dienone is 12. The molecule has 0 aliphatic rings. The van der Waals surface area contributed by atoms with Gasteiger partial charge in [-0.3, -0.25) is 9.59 Å². The summed E-state index contributed by atoms with van der Waals surface area (Å²) in [5.74, 6) is -0.428. The minimum absolute atomic E-state index is 0.0684. The van der Waals surface area contributed by atoms with E-state index in [0.717, 1.165) is 83.5 Å². The summed E-state index contributed by atoms with van der Waals surface area (Å²) >= 11 is 0. The van der Waals surface area contributed by atoms with Crippen LogP contribution in [0.25, 0.3) is 0 Å². The van der Waals surface area contributed by atoms with Crippen molar-refractivity contribution in [3.8, 4) is 0 Å². The Balaban J connectivity index is 4.32. The van der Waals surface area contributed by atoms with E-state index in [1.54, 1.807) is 0 Å². The Hall–Kier alpha value is -2.66. The van der Waals surface area contributed by atoms with Crippen LogP contribution in [0.3, 0.4) is 0 Å². The van der Waals surface area contributed by atoms with E-state index in [0.29, 0.717) is 19.4 Å². The van der Waals surface area contributed by atoms with Gasteiger partial charge in [-0.2, -0.15) is 0 Å². The van der Waals surface area contributed by atoms with Gasteiger partial charge in [0.1, 0.15) is 6.61 Å². The number of carbonyl (C=O) groups is 2. The molecule has 0 spiro atoms. The molecular weight excluding hydrogens is 789 g/mol. The van der Waals surface area contributed by atoms with Crippen LogP contribution in [0.4, 0.5) is 0 Å². The molecule has 0 fully saturated rings. The van der Waals surface area contributed by atoms with Gasteiger partial charge >= 0.3 is 11.9 Å². The van der Waals surface area contributed by atoms with Gasteiger partial charge in [0.2, 0.25) is 0 Å². The lowest BCUT2D eigenvalue weighted by Crippen LogP contribution is -2.30. The second kappa shape index (κ2) is 54.7. The number of hydrogen-bond acceptors (Lipinski definition) is 5. The van der Waals surface area contributed by atoms with Crippen molar-refractivity contribution in [2.75, 3.05) is 19.8 Å². The molecule has 0 aromatic carbocycles. The molecule has 5 nitrogen and oxygen atoms in total. The summed E-state index contributed by atoms with van der Waals surface area (Å²) in [5, 5.41) is 0. The summed E-state index contributed by atoms with van der Waals surface area (Å²) < 4.78 is 17.4. The quantitative estimate of drug-likeness (QED) is 0.0346. The van der Waals surface area contributed by atoms with Crippen LogP contribution >= 0.6 is 0 Å². The largest absolute Gasteiger partial charge is 0.462 e. The summed E-state index contributed by atoms with van der Waals surface area (Å²) in [5.41, 5.74) is 0. The molecule has 0 bridgehead atoms. The number of rotatable bonds is 50. The predicted octanol–water partition coefficient (Wildman–Crippen LogP) is 18.7. The van der Waals surface area contributed by atoms with Crippen LogP contribution in [0.1, 0.15) is 265 Å². The molecule has 370 valence electrons. The summed E-state index contributed by atoms with van der Waals surface area (Å²) in [6.45, 7) is 7.73. The molecule has 0 amide bonds. The lowest BCUT2D eigenvalue weighted by atomic mass is 10.1. The van der Waals surface area contributed by atoms with E-state index in [-0.39, 0.29) is 25.2 Å². The highest BCUT2D eigenvalue weighted by Gasteiger charge is 2.17. The normalized spacial score (nSPS) is 12.7. The first-order valence-corrected chi connectivity index (χ1v) is 27.5. The van der Waals surface area contributed by atoms with Crippen molar-refractivity contribution >= 4 is 11.9 Å². The van der Waals surface area contributed by atoms with Crippen molar-refractivity contribution in [1.29, 1.82) is 0 Å². The standard InChI is InChI=1S/C59H104O5/c1-4-7-10-13-16-19-22-25-28-29-30-33-36-39-42-45-48-51-54-62-55-57(64-59(61)53-50-47-44-41-38-35-32-27-24-21-18-15-12-9-6-3)56-63-58(60)52-49-46-43-40-37-34-31-26-23-20-17-14-11-8-5-2/h16-21,25-28,31-32,57H,4-15,22-24,29-30,33-56H2,1-3H3/b19-16-,20-17-,21-18-,28-25-,31-26-,32-27-. The average molecular weight is 893 g/mol. The van der Waals surface area contributed by atoms with Crippen molar-refractivity contribution in [3.05, 3.63) is 72.9 Å². The Morgan fingerprint density at radius 2 is 0.656 bits per heavy atom. The van der Waals surface area contributed by atoms with Crippen LogP contribution in [0.5, 0.6) is 0 Å². The molecular formula is C59H104O5. The van der Waals surface area contributed by atoms with Gasteiger partial charge in [0.15, 0.2) is 6.10 Å². The number of hydrogen-bond donors (Lipinski definition) is 0. The van der Waals surface area contributed by atoms with Crippen molar-refractivity contribution in [2.45, 2.75) is 271 Å². The van der Waals surface area contributed by atoms with Gasteiger partial charge in [0.25, 0.3) is 0 Å². The van der Waals surface area contributed by atoms with Crippen molar-refractivity contribution in [3.63, 3.8) is 0 Å². The molecule has 0 heterocycles. The summed E-state index contributed by atoms with van der Waals surface area (Å²) in [6, 6.07) is 0. The zero-order valence-corrected chi connectivity index (χ0v) is 42.5. The Morgan fingerprint density at radius 1 is 0.344 bits per heavy atom. The molecule has 0 N–H and O–H groups in total. The van der Waals surface area contributed by atoms with Gasteiger partial charge in [-0.1, -0.05) is 209 Å². The third kappa shape index (κ3) is 52.0. The molecule has 0 aromatic rings. The Morgan fingerprint density at radius 3 is 1.03 bits per heavy atom. The van der Waals surface area contributed by atoms with Gasteiger partial charge in [-0.05, 0) is 116 Å². The monoisotopic (exact) mass is 893 g/mol. The fourth-order valence-electron chi connectivity index (χ4n) is 7.54. The molecule has 1 atom stereocenters. The summed E-state index contributed by atoms with van der Waals surface area (Å²) in [4.78, 5) is 25.4. The summed E-state index contributed by atoms with van der Waals surface area (Å²) in [7, 11) is 0. The molecule has 0 aliphatic heterocycles. The highest BCUT2D eigenvalue weighted by molar-refractivity contribution is 5.70. The number of unbranched alkanes of at least 4 members (excludes halogenated alkanes) is 27. The highest BCUT2D eigenvalue weighted by Crippen LogP contribution is 2.14. The lowest BCUT2D eigenvalue weighted by Gasteiger charge is -2.18. The Kier molecular flexibility index (Phi) is 52.4. The summed E-state index contributed by atoms with van der Waals surface area (Å²) in [6.07, 6.45) is 70.5. The van der Waals surface area contributed by atoms with Gasteiger partial charge in [-0.15, -0.1) is 0 Å². The fraction of sp³-hybridized carbons (Fsp3) is 0.763. The minimum Gasteiger partial charge on any atom is -0.462 e. The van der Waals surface area contributed by atoms with Crippen molar-refractivity contribution in [2.24, 2.45) is 0 Å². The number of ether oxygens (including phenoxy) is 3. The van der Waals surface area contributed by atoms with E-state index in [9.17, 15) is 9.59 Å². The van der Waals surface area contributed by atoms with E-state index in [4.69, 9.17) is 14.2 Å².